The average Bonchev–Trinajstić information content (AvgIpc) is 3.10. The quantitative estimate of drug-likeness (QED) is 0.702. The van der Waals surface area contributed by atoms with E-state index in [0.29, 0.717) is 18.5 Å². The Labute approximate surface area is 162 Å². The van der Waals surface area contributed by atoms with Crippen molar-refractivity contribution in [3.8, 4) is 0 Å². The predicted octanol–water partition coefficient (Wildman–Crippen LogP) is 3.73. The number of aromatic amines is 1. The number of hydrogen-bond donors (Lipinski definition) is 1. The Morgan fingerprint density at radius 2 is 1.89 bits per heavy atom. The van der Waals surface area contributed by atoms with Gasteiger partial charge in [-0.05, 0) is 24.1 Å². The largest absolute Gasteiger partial charge is 0.469 e. The Balaban J connectivity index is 1.78. The minimum Gasteiger partial charge on any atom is -0.469 e. The number of amides is 1. The molecule has 0 saturated heterocycles. The number of ether oxygens (including phenoxy) is 1. The number of carbonyl (C=O) groups excluding carboxylic acids is 2. The number of nitrogens with one attached hydrogen (secondary N) is 1. The van der Waals surface area contributed by atoms with Crippen LogP contribution in [-0.2, 0) is 20.7 Å². The molecule has 0 saturated carbocycles. The zero-order chi connectivity index (χ0) is 19.7. The number of fused-ring (bicyclic) bond motifs is 3. The molecule has 1 aliphatic rings. The number of rotatable bonds is 4. The van der Waals surface area contributed by atoms with E-state index in [4.69, 9.17) is 0 Å². The lowest BCUT2D eigenvalue weighted by Gasteiger charge is -2.36. The first-order chi connectivity index (χ1) is 13.6. The second-order valence-corrected chi connectivity index (χ2v) is 6.90. The Kier molecular flexibility index (Phi) is 4.86. The molecule has 1 amide bonds. The van der Waals surface area contributed by atoms with E-state index in [2.05, 4.69) is 9.72 Å². The molecule has 0 aliphatic carbocycles. The third kappa shape index (κ3) is 3.15. The van der Waals surface area contributed by atoms with Crippen molar-refractivity contribution in [1.82, 2.24) is 9.88 Å². The van der Waals surface area contributed by atoms with Crippen LogP contribution in [-0.4, -0.2) is 35.4 Å². The standard InChI is InChI=1S/C22H21FN2O3/c1-28-20(27)11-10-19(26)25-13-12-15-14-6-3-5-9-18(14)24-21(15)22(25)16-7-2-4-8-17(16)23/h2-9,22,24H,10-13H2,1H3. The van der Waals surface area contributed by atoms with Crippen LogP contribution >= 0.6 is 0 Å². The molecule has 6 heteroatoms. The number of hydrogen-bond acceptors (Lipinski definition) is 3. The molecule has 2 heterocycles. The van der Waals surface area contributed by atoms with E-state index in [-0.39, 0.29) is 24.6 Å². The summed E-state index contributed by atoms with van der Waals surface area (Å²) in [6, 6.07) is 13.9. The molecule has 1 aromatic heterocycles. The van der Waals surface area contributed by atoms with E-state index in [1.165, 1.54) is 13.2 Å². The Bertz CT molecular complexity index is 1040. The van der Waals surface area contributed by atoms with Crippen molar-refractivity contribution in [2.45, 2.75) is 25.3 Å². The summed E-state index contributed by atoms with van der Waals surface area (Å²) in [5.74, 6) is -0.980. The van der Waals surface area contributed by atoms with Gasteiger partial charge in [0.25, 0.3) is 0 Å². The van der Waals surface area contributed by atoms with Crippen LogP contribution in [0.1, 0.15) is 35.7 Å². The van der Waals surface area contributed by atoms with E-state index >= 15 is 0 Å². The normalized spacial score (nSPS) is 16.1. The van der Waals surface area contributed by atoms with Gasteiger partial charge in [0, 0.05) is 35.1 Å². The van der Waals surface area contributed by atoms with E-state index < -0.39 is 12.0 Å². The van der Waals surface area contributed by atoms with Crippen molar-refractivity contribution in [2.75, 3.05) is 13.7 Å². The minimum absolute atomic E-state index is 0.00931. The lowest BCUT2D eigenvalue weighted by atomic mass is 9.91. The van der Waals surface area contributed by atoms with Gasteiger partial charge in [-0.3, -0.25) is 9.59 Å². The van der Waals surface area contributed by atoms with E-state index in [1.807, 2.05) is 24.3 Å². The average molecular weight is 380 g/mol. The number of H-pyrrole nitrogens is 1. The summed E-state index contributed by atoms with van der Waals surface area (Å²) < 4.78 is 19.3. The minimum atomic E-state index is -0.553. The molecule has 2 aromatic carbocycles. The summed E-state index contributed by atoms with van der Waals surface area (Å²) in [6.07, 6.45) is 0.719. The summed E-state index contributed by atoms with van der Waals surface area (Å²) >= 11 is 0. The highest BCUT2D eigenvalue weighted by molar-refractivity contribution is 5.87. The van der Waals surface area contributed by atoms with Gasteiger partial charge in [0.05, 0.1) is 13.5 Å². The van der Waals surface area contributed by atoms with Crippen molar-refractivity contribution in [3.05, 3.63) is 71.2 Å². The maximum absolute atomic E-state index is 14.7. The SMILES string of the molecule is COC(=O)CCC(=O)N1CCc2c([nH]c3ccccc23)C1c1ccccc1F. The molecule has 1 atom stereocenters. The number of benzene rings is 2. The zero-order valence-electron chi connectivity index (χ0n) is 15.6. The molecular weight excluding hydrogens is 359 g/mol. The van der Waals surface area contributed by atoms with Gasteiger partial charge < -0.3 is 14.6 Å². The summed E-state index contributed by atoms with van der Waals surface area (Å²) in [5.41, 5.74) is 3.36. The van der Waals surface area contributed by atoms with Gasteiger partial charge in [-0.15, -0.1) is 0 Å². The molecule has 5 nitrogen and oxygen atoms in total. The topological polar surface area (TPSA) is 62.4 Å². The number of halogens is 1. The molecule has 3 aromatic rings. The zero-order valence-corrected chi connectivity index (χ0v) is 15.6. The molecule has 1 N–H and O–H groups in total. The van der Waals surface area contributed by atoms with Crippen LogP contribution < -0.4 is 0 Å². The maximum atomic E-state index is 14.7. The smallest absolute Gasteiger partial charge is 0.306 e. The summed E-state index contributed by atoms with van der Waals surface area (Å²) in [4.78, 5) is 29.4. The second kappa shape index (κ2) is 7.46. The third-order valence-electron chi connectivity index (χ3n) is 5.33. The maximum Gasteiger partial charge on any atom is 0.306 e. The highest BCUT2D eigenvalue weighted by Crippen LogP contribution is 2.39. The third-order valence-corrected chi connectivity index (χ3v) is 5.33. The van der Waals surface area contributed by atoms with Crippen LogP contribution in [0.25, 0.3) is 10.9 Å². The van der Waals surface area contributed by atoms with Crippen LogP contribution in [0.5, 0.6) is 0 Å². The number of methoxy groups -OCH3 is 1. The van der Waals surface area contributed by atoms with Gasteiger partial charge in [0.2, 0.25) is 5.91 Å². The van der Waals surface area contributed by atoms with Gasteiger partial charge in [0.1, 0.15) is 11.9 Å². The lowest BCUT2D eigenvalue weighted by molar-refractivity contribution is -0.144. The summed E-state index contributed by atoms with van der Waals surface area (Å²) in [7, 11) is 1.30. The molecular formula is C22H21FN2O3. The summed E-state index contributed by atoms with van der Waals surface area (Å²) in [5, 5.41) is 1.10. The fourth-order valence-corrected chi connectivity index (χ4v) is 3.98. The van der Waals surface area contributed by atoms with E-state index in [9.17, 15) is 14.0 Å². The molecule has 1 unspecified atom stereocenters. The Morgan fingerprint density at radius 3 is 2.68 bits per heavy atom. The molecule has 144 valence electrons. The van der Waals surface area contributed by atoms with Crippen LogP contribution in [0.15, 0.2) is 48.5 Å². The van der Waals surface area contributed by atoms with Crippen molar-refractivity contribution in [2.24, 2.45) is 0 Å². The van der Waals surface area contributed by atoms with E-state index in [1.54, 1.807) is 23.1 Å². The molecule has 0 fully saturated rings. The van der Waals surface area contributed by atoms with Crippen LogP contribution in [0.3, 0.4) is 0 Å². The van der Waals surface area contributed by atoms with Crippen molar-refractivity contribution in [1.29, 1.82) is 0 Å². The number of aromatic nitrogens is 1. The van der Waals surface area contributed by atoms with Gasteiger partial charge >= 0.3 is 5.97 Å². The first kappa shape index (κ1) is 18.2. The highest BCUT2D eigenvalue weighted by atomic mass is 19.1. The number of para-hydroxylation sites is 1. The Morgan fingerprint density at radius 1 is 1.14 bits per heavy atom. The van der Waals surface area contributed by atoms with Crippen LogP contribution in [0.4, 0.5) is 4.39 Å². The van der Waals surface area contributed by atoms with E-state index in [0.717, 1.165) is 22.2 Å². The molecule has 28 heavy (non-hydrogen) atoms. The molecule has 0 radical (unpaired) electrons. The Hall–Kier alpha value is -3.15. The van der Waals surface area contributed by atoms with Gasteiger partial charge in [-0.25, -0.2) is 4.39 Å². The van der Waals surface area contributed by atoms with Crippen molar-refractivity contribution >= 4 is 22.8 Å². The van der Waals surface area contributed by atoms with Crippen molar-refractivity contribution < 1.29 is 18.7 Å². The second-order valence-electron chi connectivity index (χ2n) is 6.90. The van der Waals surface area contributed by atoms with Gasteiger partial charge in [-0.2, -0.15) is 0 Å². The number of nitrogens with zero attached hydrogens (tertiary/aromatic N) is 1. The van der Waals surface area contributed by atoms with Gasteiger partial charge in [-0.1, -0.05) is 36.4 Å². The molecule has 1 aliphatic heterocycles. The molecule has 0 bridgehead atoms. The van der Waals surface area contributed by atoms with Crippen LogP contribution in [0, 0.1) is 5.82 Å². The van der Waals surface area contributed by atoms with Crippen LogP contribution in [0.2, 0.25) is 0 Å². The lowest BCUT2D eigenvalue weighted by Crippen LogP contribution is -2.41. The predicted molar refractivity (Wildman–Crippen MR) is 103 cm³/mol. The molecule has 0 spiro atoms. The number of carbonyl (C=O) groups is 2. The first-order valence-electron chi connectivity index (χ1n) is 9.30. The molecule has 4 rings (SSSR count). The monoisotopic (exact) mass is 380 g/mol. The number of esters is 1. The highest BCUT2D eigenvalue weighted by Gasteiger charge is 2.35. The van der Waals surface area contributed by atoms with Crippen molar-refractivity contribution in [3.63, 3.8) is 0 Å². The summed E-state index contributed by atoms with van der Waals surface area (Å²) in [6.45, 7) is 0.466. The van der Waals surface area contributed by atoms with Gasteiger partial charge in [0.15, 0.2) is 0 Å². The first-order valence-corrected chi connectivity index (χ1v) is 9.30. The fraction of sp³-hybridized carbons (Fsp3) is 0.273. The fourth-order valence-electron chi connectivity index (χ4n) is 3.98.